The molecule has 0 aromatic heterocycles. The summed E-state index contributed by atoms with van der Waals surface area (Å²) >= 11 is 5.50. The first-order chi connectivity index (χ1) is 5.70. The SMILES string of the molecule is CCO[C@@H]1C(=O)CC(CCl)C1=O. The minimum atomic E-state index is -0.834. The number of halogens is 1. The first-order valence-electron chi connectivity index (χ1n) is 3.94. The number of rotatable bonds is 3. The molecule has 1 aliphatic rings. The van der Waals surface area contributed by atoms with Crippen LogP contribution < -0.4 is 0 Å². The number of carbonyl (C=O) groups is 2. The molecule has 1 fully saturated rings. The van der Waals surface area contributed by atoms with Gasteiger partial charge in [-0.1, -0.05) is 0 Å². The van der Waals surface area contributed by atoms with Gasteiger partial charge in [-0.15, -0.1) is 11.6 Å². The van der Waals surface area contributed by atoms with Crippen molar-refractivity contribution in [1.82, 2.24) is 0 Å². The largest absolute Gasteiger partial charge is 0.363 e. The topological polar surface area (TPSA) is 43.4 Å². The van der Waals surface area contributed by atoms with Crippen LogP contribution in [0.1, 0.15) is 13.3 Å². The Hall–Kier alpha value is -0.410. The Balaban J connectivity index is 2.64. The minimum Gasteiger partial charge on any atom is -0.363 e. The second kappa shape index (κ2) is 4.01. The lowest BCUT2D eigenvalue weighted by Crippen LogP contribution is -2.27. The number of ketones is 2. The molecule has 1 rings (SSSR count). The van der Waals surface area contributed by atoms with Gasteiger partial charge in [-0.05, 0) is 6.92 Å². The Morgan fingerprint density at radius 2 is 2.25 bits per heavy atom. The van der Waals surface area contributed by atoms with E-state index in [1.165, 1.54) is 0 Å². The number of hydrogen-bond acceptors (Lipinski definition) is 3. The monoisotopic (exact) mass is 190 g/mol. The summed E-state index contributed by atoms with van der Waals surface area (Å²) in [5.74, 6) is -0.395. The van der Waals surface area contributed by atoms with E-state index < -0.39 is 6.10 Å². The van der Waals surface area contributed by atoms with E-state index in [0.717, 1.165) is 0 Å². The number of ether oxygens (including phenoxy) is 1. The molecule has 0 aliphatic heterocycles. The highest BCUT2D eigenvalue weighted by molar-refractivity contribution is 6.22. The van der Waals surface area contributed by atoms with Crippen molar-refractivity contribution in [2.45, 2.75) is 19.4 Å². The molecule has 4 heteroatoms. The highest BCUT2D eigenvalue weighted by Gasteiger charge is 2.40. The number of hydrogen-bond donors (Lipinski definition) is 0. The number of Topliss-reactive ketones (excluding diaryl/α,β-unsaturated/α-hetero) is 2. The first kappa shape index (κ1) is 9.68. The maximum absolute atomic E-state index is 11.3. The number of carbonyl (C=O) groups excluding carboxylic acids is 2. The lowest BCUT2D eigenvalue weighted by Gasteiger charge is -2.06. The van der Waals surface area contributed by atoms with Gasteiger partial charge in [0.1, 0.15) is 0 Å². The summed E-state index contributed by atoms with van der Waals surface area (Å²) in [6, 6.07) is 0. The van der Waals surface area contributed by atoms with Crippen LogP contribution in [-0.2, 0) is 14.3 Å². The summed E-state index contributed by atoms with van der Waals surface area (Å²) in [6.45, 7) is 2.14. The van der Waals surface area contributed by atoms with Gasteiger partial charge in [-0.3, -0.25) is 9.59 Å². The van der Waals surface area contributed by atoms with Crippen molar-refractivity contribution in [1.29, 1.82) is 0 Å². The van der Waals surface area contributed by atoms with Crippen LogP contribution in [0.25, 0.3) is 0 Å². The second-order valence-electron chi connectivity index (χ2n) is 2.76. The Morgan fingerprint density at radius 3 is 2.67 bits per heavy atom. The molecule has 0 spiro atoms. The van der Waals surface area contributed by atoms with Gasteiger partial charge in [-0.25, -0.2) is 0 Å². The average Bonchev–Trinajstić information content (AvgIpc) is 2.32. The fourth-order valence-corrected chi connectivity index (χ4v) is 1.56. The highest BCUT2D eigenvalue weighted by Crippen LogP contribution is 2.22. The van der Waals surface area contributed by atoms with E-state index in [-0.39, 0.29) is 29.8 Å². The van der Waals surface area contributed by atoms with Crippen LogP contribution >= 0.6 is 11.6 Å². The Bertz CT molecular complexity index is 202. The maximum Gasteiger partial charge on any atom is 0.174 e. The molecular weight excluding hydrogens is 180 g/mol. The molecule has 0 aromatic carbocycles. The molecule has 0 radical (unpaired) electrons. The quantitative estimate of drug-likeness (QED) is 0.488. The molecule has 0 N–H and O–H groups in total. The third-order valence-corrected chi connectivity index (χ3v) is 2.29. The Morgan fingerprint density at radius 1 is 1.58 bits per heavy atom. The van der Waals surface area contributed by atoms with Crippen LogP contribution in [-0.4, -0.2) is 30.2 Å². The van der Waals surface area contributed by atoms with E-state index in [9.17, 15) is 9.59 Å². The second-order valence-corrected chi connectivity index (χ2v) is 3.07. The zero-order chi connectivity index (χ0) is 9.14. The van der Waals surface area contributed by atoms with Gasteiger partial charge in [-0.2, -0.15) is 0 Å². The summed E-state index contributed by atoms with van der Waals surface area (Å²) in [5, 5.41) is 0. The van der Waals surface area contributed by atoms with Gasteiger partial charge in [0.15, 0.2) is 17.7 Å². The molecule has 68 valence electrons. The van der Waals surface area contributed by atoms with Crippen molar-refractivity contribution in [3.8, 4) is 0 Å². The van der Waals surface area contributed by atoms with E-state index in [0.29, 0.717) is 6.61 Å². The smallest absolute Gasteiger partial charge is 0.174 e. The summed E-state index contributed by atoms with van der Waals surface area (Å²) in [6.07, 6.45) is -0.591. The van der Waals surface area contributed by atoms with Crippen LogP contribution in [0.4, 0.5) is 0 Å². The zero-order valence-electron chi connectivity index (χ0n) is 6.88. The van der Waals surface area contributed by atoms with Crippen molar-refractivity contribution < 1.29 is 14.3 Å². The van der Waals surface area contributed by atoms with Gasteiger partial charge >= 0.3 is 0 Å². The third-order valence-electron chi connectivity index (χ3n) is 1.92. The van der Waals surface area contributed by atoms with Gasteiger partial charge in [0.2, 0.25) is 0 Å². The van der Waals surface area contributed by atoms with Crippen molar-refractivity contribution in [2.24, 2.45) is 5.92 Å². The van der Waals surface area contributed by atoms with Crippen molar-refractivity contribution in [2.75, 3.05) is 12.5 Å². The molecule has 0 amide bonds. The van der Waals surface area contributed by atoms with E-state index in [2.05, 4.69) is 0 Å². The fourth-order valence-electron chi connectivity index (χ4n) is 1.30. The molecule has 12 heavy (non-hydrogen) atoms. The van der Waals surface area contributed by atoms with Crippen molar-refractivity contribution >= 4 is 23.2 Å². The molecule has 0 saturated heterocycles. The minimum absolute atomic E-state index is 0.132. The summed E-state index contributed by atoms with van der Waals surface area (Å²) in [4.78, 5) is 22.4. The van der Waals surface area contributed by atoms with Gasteiger partial charge in [0, 0.05) is 24.8 Å². The first-order valence-corrected chi connectivity index (χ1v) is 4.48. The van der Waals surface area contributed by atoms with Crippen LogP contribution in [0.2, 0.25) is 0 Å². The number of alkyl halides is 1. The lowest BCUT2D eigenvalue weighted by molar-refractivity contribution is -0.137. The van der Waals surface area contributed by atoms with Gasteiger partial charge in [0.25, 0.3) is 0 Å². The third kappa shape index (κ3) is 1.67. The van der Waals surface area contributed by atoms with Crippen molar-refractivity contribution in [3.63, 3.8) is 0 Å². The van der Waals surface area contributed by atoms with Crippen LogP contribution in [0, 0.1) is 5.92 Å². The van der Waals surface area contributed by atoms with Crippen LogP contribution in [0.3, 0.4) is 0 Å². The Kier molecular flexibility index (Phi) is 3.23. The zero-order valence-corrected chi connectivity index (χ0v) is 7.63. The molecule has 1 saturated carbocycles. The van der Waals surface area contributed by atoms with E-state index in [1.807, 2.05) is 0 Å². The summed E-state index contributed by atoms with van der Waals surface area (Å²) < 4.78 is 5.00. The highest BCUT2D eigenvalue weighted by atomic mass is 35.5. The van der Waals surface area contributed by atoms with Crippen LogP contribution in [0.5, 0.6) is 0 Å². The van der Waals surface area contributed by atoms with Gasteiger partial charge < -0.3 is 4.74 Å². The standard InChI is InChI=1S/C8H11ClO3/c1-2-12-8-6(10)3-5(4-9)7(8)11/h5,8H,2-4H2,1H3/t5?,8-/m1/s1. The predicted molar refractivity (Wildman–Crippen MR) is 44.3 cm³/mol. The molecular formula is C8H11ClO3. The lowest BCUT2D eigenvalue weighted by atomic mass is 10.1. The summed E-state index contributed by atoms with van der Waals surface area (Å²) in [5.41, 5.74) is 0. The predicted octanol–water partition coefficient (Wildman–Crippen LogP) is 0.788. The van der Waals surface area contributed by atoms with E-state index in [1.54, 1.807) is 6.92 Å². The normalized spacial score (nSPS) is 29.8. The van der Waals surface area contributed by atoms with E-state index in [4.69, 9.17) is 16.3 Å². The fraction of sp³-hybridized carbons (Fsp3) is 0.750. The Labute approximate surface area is 76.0 Å². The van der Waals surface area contributed by atoms with Crippen LogP contribution in [0.15, 0.2) is 0 Å². The maximum atomic E-state index is 11.3. The summed E-state index contributed by atoms with van der Waals surface area (Å²) in [7, 11) is 0. The molecule has 3 nitrogen and oxygen atoms in total. The molecule has 2 atom stereocenters. The average molecular weight is 191 g/mol. The van der Waals surface area contributed by atoms with Gasteiger partial charge in [0.05, 0.1) is 0 Å². The molecule has 1 unspecified atom stereocenters. The van der Waals surface area contributed by atoms with Crippen molar-refractivity contribution in [3.05, 3.63) is 0 Å². The molecule has 0 heterocycles. The molecule has 0 aromatic rings. The molecule has 0 bridgehead atoms. The van der Waals surface area contributed by atoms with E-state index >= 15 is 0 Å². The molecule has 1 aliphatic carbocycles.